The first kappa shape index (κ1) is 16.6. The maximum absolute atomic E-state index is 11.6. The molecule has 0 aromatic heterocycles. The zero-order valence-electron chi connectivity index (χ0n) is 12.8. The molecule has 0 bridgehead atoms. The first-order valence-corrected chi connectivity index (χ1v) is 9.35. The van der Waals surface area contributed by atoms with Crippen molar-refractivity contribution in [1.29, 1.82) is 0 Å². The fraction of sp³-hybridized carbons (Fsp3) is 0.600. The van der Waals surface area contributed by atoms with Gasteiger partial charge in [0.2, 0.25) is 0 Å². The summed E-state index contributed by atoms with van der Waals surface area (Å²) in [5.41, 5.74) is 2.20. The van der Waals surface area contributed by atoms with Crippen LogP contribution < -0.4 is 10.2 Å². The van der Waals surface area contributed by atoms with Crippen LogP contribution in [0.1, 0.15) is 26.3 Å². The SMILES string of the molecule is CC(C)(C)NCc1cc(Cl)ccc1N1CCS(=O)(=O)CC1. The van der Waals surface area contributed by atoms with E-state index in [1.54, 1.807) is 0 Å². The Morgan fingerprint density at radius 3 is 2.43 bits per heavy atom. The molecule has 0 atom stereocenters. The molecule has 0 amide bonds. The van der Waals surface area contributed by atoms with Crippen molar-refractivity contribution in [2.45, 2.75) is 32.9 Å². The molecule has 0 radical (unpaired) electrons. The highest BCUT2D eigenvalue weighted by Crippen LogP contribution is 2.26. The first-order valence-electron chi connectivity index (χ1n) is 7.15. The van der Waals surface area contributed by atoms with Gasteiger partial charge in [-0.15, -0.1) is 0 Å². The van der Waals surface area contributed by atoms with E-state index in [0.717, 1.165) is 11.3 Å². The van der Waals surface area contributed by atoms with Crippen molar-refractivity contribution >= 4 is 27.1 Å². The van der Waals surface area contributed by atoms with Gasteiger partial charge in [0.1, 0.15) is 0 Å². The monoisotopic (exact) mass is 330 g/mol. The minimum absolute atomic E-state index is 0.0187. The smallest absolute Gasteiger partial charge is 0.153 e. The lowest BCUT2D eigenvalue weighted by Crippen LogP contribution is -2.41. The Morgan fingerprint density at radius 1 is 1.24 bits per heavy atom. The molecule has 0 spiro atoms. The number of hydrogen-bond acceptors (Lipinski definition) is 4. The second kappa shape index (κ2) is 6.15. The molecule has 0 saturated carbocycles. The van der Waals surface area contributed by atoms with Crippen LogP contribution in [0, 0.1) is 0 Å². The van der Waals surface area contributed by atoms with E-state index in [2.05, 4.69) is 31.0 Å². The summed E-state index contributed by atoms with van der Waals surface area (Å²) in [6, 6.07) is 5.80. The highest BCUT2D eigenvalue weighted by Gasteiger charge is 2.23. The molecule has 6 heteroatoms. The Balaban J connectivity index is 2.19. The molecule has 0 aliphatic carbocycles. The van der Waals surface area contributed by atoms with Gasteiger partial charge in [0.15, 0.2) is 9.84 Å². The summed E-state index contributed by atoms with van der Waals surface area (Å²) < 4.78 is 23.1. The Hall–Kier alpha value is -0.780. The molecule has 1 fully saturated rings. The topological polar surface area (TPSA) is 49.4 Å². The third-order valence-corrected chi connectivity index (χ3v) is 5.38. The normalized spacial score (nSPS) is 18.8. The van der Waals surface area contributed by atoms with Crippen molar-refractivity contribution in [3.63, 3.8) is 0 Å². The maximum Gasteiger partial charge on any atom is 0.153 e. The summed E-state index contributed by atoms with van der Waals surface area (Å²) in [6.45, 7) is 8.15. The van der Waals surface area contributed by atoms with Crippen LogP contribution in [-0.4, -0.2) is 38.6 Å². The lowest BCUT2D eigenvalue weighted by molar-refractivity contribution is 0.424. The molecular weight excluding hydrogens is 308 g/mol. The molecule has 1 aliphatic heterocycles. The van der Waals surface area contributed by atoms with E-state index in [1.807, 2.05) is 18.2 Å². The lowest BCUT2D eigenvalue weighted by atomic mass is 10.1. The Kier molecular flexibility index (Phi) is 4.85. The summed E-state index contributed by atoms with van der Waals surface area (Å²) in [4.78, 5) is 2.14. The van der Waals surface area contributed by atoms with E-state index in [9.17, 15) is 8.42 Å². The van der Waals surface area contributed by atoms with Gasteiger partial charge in [0.25, 0.3) is 0 Å². The van der Waals surface area contributed by atoms with Crippen LogP contribution in [0.2, 0.25) is 5.02 Å². The number of rotatable bonds is 3. The maximum atomic E-state index is 11.6. The summed E-state index contributed by atoms with van der Waals surface area (Å²) in [6.07, 6.45) is 0. The zero-order chi connectivity index (χ0) is 15.7. The van der Waals surface area contributed by atoms with E-state index in [0.29, 0.717) is 24.7 Å². The minimum atomic E-state index is -2.86. The zero-order valence-corrected chi connectivity index (χ0v) is 14.4. The minimum Gasteiger partial charge on any atom is -0.369 e. The van der Waals surface area contributed by atoms with E-state index in [4.69, 9.17) is 11.6 Å². The molecule has 1 N–H and O–H groups in total. The van der Waals surface area contributed by atoms with E-state index in [1.165, 1.54) is 0 Å². The van der Waals surface area contributed by atoms with Crippen molar-refractivity contribution in [3.8, 4) is 0 Å². The number of anilines is 1. The van der Waals surface area contributed by atoms with Crippen molar-refractivity contribution < 1.29 is 8.42 Å². The van der Waals surface area contributed by atoms with Crippen LogP contribution in [0.4, 0.5) is 5.69 Å². The Bertz CT molecular complexity index is 595. The van der Waals surface area contributed by atoms with E-state index in [-0.39, 0.29) is 17.0 Å². The fourth-order valence-corrected chi connectivity index (χ4v) is 3.71. The number of hydrogen-bond donors (Lipinski definition) is 1. The van der Waals surface area contributed by atoms with Crippen LogP contribution in [0.3, 0.4) is 0 Å². The highest BCUT2D eigenvalue weighted by molar-refractivity contribution is 7.91. The van der Waals surface area contributed by atoms with Gasteiger partial charge in [-0.25, -0.2) is 8.42 Å². The number of benzene rings is 1. The van der Waals surface area contributed by atoms with E-state index < -0.39 is 9.84 Å². The Morgan fingerprint density at radius 2 is 1.86 bits per heavy atom. The molecule has 1 aromatic rings. The molecule has 0 unspecified atom stereocenters. The van der Waals surface area contributed by atoms with Gasteiger partial charge in [0.05, 0.1) is 11.5 Å². The summed E-state index contributed by atoms with van der Waals surface area (Å²) >= 11 is 6.11. The van der Waals surface area contributed by atoms with Crippen molar-refractivity contribution in [2.24, 2.45) is 0 Å². The van der Waals surface area contributed by atoms with Crippen molar-refractivity contribution in [2.75, 3.05) is 29.5 Å². The summed E-state index contributed by atoms with van der Waals surface area (Å²) in [5.74, 6) is 0.448. The number of nitrogens with one attached hydrogen (secondary N) is 1. The quantitative estimate of drug-likeness (QED) is 0.925. The number of sulfone groups is 1. The van der Waals surface area contributed by atoms with Crippen LogP contribution in [-0.2, 0) is 16.4 Å². The van der Waals surface area contributed by atoms with Gasteiger partial charge in [-0.1, -0.05) is 11.6 Å². The molecule has 4 nitrogen and oxygen atoms in total. The van der Waals surface area contributed by atoms with E-state index >= 15 is 0 Å². The van der Waals surface area contributed by atoms with Crippen LogP contribution in [0.15, 0.2) is 18.2 Å². The molecule has 2 rings (SSSR count). The molecular formula is C15H23ClN2O2S. The second-order valence-electron chi connectivity index (χ2n) is 6.52. The second-order valence-corrected chi connectivity index (χ2v) is 9.26. The van der Waals surface area contributed by atoms with Crippen LogP contribution in [0.5, 0.6) is 0 Å². The van der Waals surface area contributed by atoms with Crippen LogP contribution >= 0.6 is 11.6 Å². The third-order valence-electron chi connectivity index (χ3n) is 3.54. The van der Waals surface area contributed by atoms with Gasteiger partial charge >= 0.3 is 0 Å². The molecule has 1 aromatic carbocycles. The molecule has 1 aliphatic rings. The average Bonchev–Trinajstić information content (AvgIpc) is 2.36. The van der Waals surface area contributed by atoms with Crippen molar-refractivity contribution in [3.05, 3.63) is 28.8 Å². The Labute approximate surface area is 132 Å². The predicted octanol–water partition coefficient (Wildman–Crippen LogP) is 2.46. The summed E-state index contributed by atoms with van der Waals surface area (Å²) in [5, 5.41) is 4.16. The third kappa shape index (κ3) is 4.87. The number of halogens is 1. The van der Waals surface area contributed by atoms with Gasteiger partial charge < -0.3 is 10.2 Å². The van der Waals surface area contributed by atoms with Gasteiger partial charge in [-0.05, 0) is 44.5 Å². The number of nitrogens with zero attached hydrogens (tertiary/aromatic N) is 1. The van der Waals surface area contributed by atoms with Gasteiger partial charge in [-0.2, -0.15) is 0 Å². The lowest BCUT2D eigenvalue weighted by Gasteiger charge is -2.31. The fourth-order valence-electron chi connectivity index (χ4n) is 2.32. The first-order chi connectivity index (χ1) is 9.66. The van der Waals surface area contributed by atoms with Gasteiger partial charge in [0, 0.05) is 35.9 Å². The molecule has 118 valence electrons. The standard InChI is InChI=1S/C15H23ClN2O2S/c1-15(2,3)17-11-12-10-13(16)4-5-14(12)18-6-8-21(19,20)9-7-18/h4-5,10,17H,6-9,11H2,1-3H3. The average molecular weight is 331 g/mol. The van der Waals surface area contributed by atoms with Gasteiger partial charge in [-0.3, -0.25) is 0 Å². The summed E-state index contributed by atoms with van der Waals surface area (Å²) in [7, 11) is -2.86. The van der Waals surface area contributed by atoms with Crippen molar-refractivity contribution in [1.82, 2.24) is 5.32 Å². The molecule has 1 heterocycles. The molecule has 21 heavy (non-hydrogen) atoms. The van der Waals surface area contributed by atoms with Crippen LogP contribution in [0.25, 0.3) is 0 Å². The predicted molar refractivity (Wildman–Crippen MR) is 88.9 cm³/mol. The highest BCUT2D eigenvalue weighted by atomic mass is 35.5. The molecule has 1 saturated heterocycles. The largest absolute Gasteiger partial charge is 0.369 e.